The summed E-state index contributed by atoms with van der Waals surface area (Å²) in [5.41, 5.74) is 5.02. The number of carbonyl (C=O) groups is 1. The van der Waals surface area contributed by atoms with E-state index in [9.17, 15) is 4.79 Å². The van der Waals surface area contributed by atoms with Crippen LogP contribution in [0.1, 0.15) is 10.6 Å². The molecule has 0 atom stereocenters. The van der Waals surface area contributed by atoms with Gasteiger partial charge in [0.2, 0.25) is 0 Å². The molecule has 0 aliphatic carbocycles. The second-order valence-electron chi connectivity index (χ2n) is 1.79. The molecule has 0 unspecified atom stereocenters. The van der Waals surface area contributed by atoms with Crippen LogP contribution in [0, 0.1) is 6.26 Å². The van der Waals surface area contributed by atoms with E-state index < -0.39 is 11.7 Å². The van der Waals surface area contributed by atoms with Gasteiger partial charge in [0, 0.05) is 81.8 Å². The Morgan fingerprint density at radius 1 is 1.57 bits per heavy atom. The number of nitrogen functional groups attached to an aromatic ring is 1. The van der Waals surface area contributed by atoms with Gasteiger partial charge in [0.25, 0.3) is 0 Å². The molecule has 8 heteroatoms. The summed E-state index contributed by atoms with van der Waals surface area (Å²) < 4.78 is 8.74. The molecule has 3 N–H and O–H groups in total. The molecule has 1 rings (SSSR count). The molecule has 1 aromatic rings. The third-order valence-corrected chi connectivity index (χ3v) is 1.10. The fraction of sp³-hybridized carbons (Fsp3) is 0.167. The van der Waals surface area contributed by atoms with Crippen molar-refractivity contribution in [1.29, 1.82) is 0 Å². The van der Waals surface area contributed by atoms with Gasteiger partial charge in [0.1, 0.15) is 0 Å². The number of hydrogen-bond donors (Lipinski definition) is 2. The largest absolute Gasteiger partial charge is 0.580 e. The van der Waals surface area contributed by atoms with Crippen molar-refractivity contribution in [3.05, 3.63) is 12.0 Å². The molecular formula is C6H6NO4V2Y-. The third kappa shape index (κ3) is 4.43. The Bertz CT molecular complexity index is 291. The fourth-order valence-electron chi connectivity index (χ4n) is 0.556. The van der Waals surface area contributed by atoms with Gasteiger partial charge in [0.15, 0.2) is 0 Å². The average Bonchev–Trinajstić information content (AvgIpc) is 2.32. The van der Waals surface area contributed by atoms with E-state index in [4.69, 9.17) is 10.8 Å². The molecule has 0 saturated heterocycles. The van der Waals surface area contributed by atoms with Gasteiger partial charge in [-0.25, -0.2) is 0 Å². The molecule has 0 aromatic carbocycles. The number of ether oxygens (including phenoxy) is 1. The molecule has 1 heterocycles. The zero-order chi connectivity index (χ0) is 8.43. The summed E-state index contributed by atoms with van der Waals surface area (Å²) in [4.78, 5) is 10.7. The van der Waals surface area contributed by atoms with Crippen molar-refractivity contribution in [2.24, 2.45) is 0 Å². The molecule has 0 bridgehead atoms. The molecule has 1 aromatic heterocycles. The van der Waals surface area contributed by atoms with E-state index in [1.165, 1.54) is 7.11 Å². The summed E-state index contributed by atoms with van der Waals surface area (Å²) in [6.45, 7) is 0. The minimum Gasteiger partial charge on any atom is -0.580 e. The topological polar surface area (TPSA) is 85.7 Å². The monoisotopic (exact) mass is 347 g/mol. The Balaban J connectivity index is -0.000000403. The van der Waals surface area contributed by atoms with Crippen LogP contribution in [-0.4, -0.2) is 18.2 Å². The number of methoxy groups -OCH3 is 1. The molecule has 0 amide bonds. The maximum absolute atomic E-state index is 10.7. The van der Waals surface area contributed by atoms with Gasteiger partial charge < -0.3 is 20.0 Å². The zero-order valence-corrected chi connectivity index (χ0v) is 12.9. The molecule has 0 spiro atoms. The SMILES string of the molecule is COC(=O)c1o[c-]c(N)c1O.[V].[V].[Y]. The van der Waals surface area contributed by atoms with Crippen molar-refractivity contribution < 1.29 is 88.9 Å². The molecular weight excluding hydrogens is 341 g/mol. The van der Waals surface area contributed by atoms with Crippen LogP contribution in [0.2, 0.25) is 0 Å². The minimum atomic E-state index is -0.782. The number of carbonyl (C=O) groups excluding carboxylic acids is 1. The van der Waals surface area contributed by atoms with Crippen LogP contribution in [0.3, 0.4) is 0 Å². The van der Waals surface area contributed by atoms with Gasteiger partial charge in [-0.1, -0.05) is 0 Å². The van der Waals surface area contributed by atoms with Gasteiger partial charge in [-0.3, -0.25) is 4.79 Å². The van der Waals surface area contributed by atoms with Crippen molar-refractivity contribution in [3.63, 3.8) is 0 Å². The fourth-order valence-corrected chi connectivity index (χ4v) is 0.556. The van der Waals surface area contributed by atoms with E-state index in [1.54, 1.807) is 0 Å². The first-order valence-electron chi connectivity index (χ1n) is 2.74. The summed E-state index contributed by atoms with van der Waals surface area (Å²) in [5.74, 6) is -1.54. The smallest absolute Gasteiger partial charge is 0.307 e. The van der Waals surface area contributed by atoms with Crippen LogP contribution in [0.5, 0.6) is 5.75 Å². The van der Waals surface area contributed by atoms with E-state index in [2.05, 4.69) is 15.4 Å². The third-order valence-electron chi connectivity index (χ3n) is 1.10. The van der Waals surface area contributed by atoms with Gasteiger partial charge in [-0.2, -0.15) is 0 Å². The van der Waals surface area contributed by atoms with Gasteiger partial charge >= 0.3 is 5.97 Å². The number of aromatic hydroxyl groups is 1. The second kappa shape index (κ2) is 8.89. The number of hydrogen-bond acceptors (Lipinski definition) is 5. The number of nitrogens with two attached hydrogens (primary N) is 1. The van der Waals surface area contributed by atoms with Gasteiger partial charge in [-0.15, -0.1) is 0 Å². The van der Waals surface area contributed by atoms with Crippen molar-refractivity contribution in [2.45, 2.75) is 0 Å². The van der Waals surface area contributed by atoms with Gasteiger partial charge in [0.05, 0.1) is 12.9 Å². The average molecular weight is 347 g/mol. The summed E-state index contributed by atoms with van der Waals surface area (Å²) in [7, 11) is 1.17. The quantitative estimate of drug-likeness (QED) is 0.558. The minimum absolute atomic E-state index is 0. The van der Waals surface area contributed by atoms with E-state index in [0.29, 0.717) is 0 Å². The van der Waals surface area contributed by atoms with E-state index in [0.717, 1.165) is 0 Å². The summed E-state index contributed by atoms with van der Waals surface area (Å²) in [5, 5.41) is 8.99. The van der Waals surface area contributed by atoms with Crippen molar-refractivity contribution in [1.82, 2.24) is 0 Å². The van der Waals surface area contributed by atoms with E-state index >= 15 is 0 Å². The number of anilines is 1. The Morgan fingerprint density at radius 3 is 2.36 bits per heavy atom. The molecule has 73 valence electrons. The van der Waals surface area contributed by atoms with Crippen LogP contribution in [-0.2, 0) is 74.6 Å². The molecule has 0 fully saturated rings. The molecule has 5 nitrogen and oxygen atoms in total. The van der Waals surface area contributed by atoms with Crippen LogP contribution in [0.4, 0.5) is 5.69 Å². The molecule has 3 radical (unpaired) electrons. The Labute approximate surface area is 130 Å². The maximum atomic E-state index is 10.7. The summed E-state index contributed by atoms with van der Waals surface area (Å²) in [6.07, 6.45) is 2.10. The van der Waals surface area contributed by atoms with Crippen LogP contribution < -0.4 is 5.73 Å². The summed E-state index contributed by atoms with van der Waals surface area (Å²) in [6, 6.07) is 0. The first-order chi connectivity index (χ1) is 5.16. The molecule has 0 aliphatic heterocycles. The Hall–Kier alpha value is 0.623. The van der Waals surface area contributed by atoms with E-state index in [1.807, 2.05) is 0 Å². The zero-order valence-electron chi connectivity index (χ0n) is 7.22. The number of esters is 1. The van der Waals surface area contributed by atoms with Crippen LogP contribution in [0.25, 0.3) is 0 Å². The normalized spacial score (nSPS) is 7.50. The second-order valence-corrected chi connectivity index (χ2v) is 1.79. The summed E-state index contributed by atoms with van der Waals surface area (Å²) >= 11 is 0. The molecule has 0 aliphatic rings. The Morgan fingerprint density at radius 2 is 2.07 bits per heavy atom. The number of furan rings is 1. The van der Waals surface area contributed by atoms with Crippen molar-refractivity contribution in [3.8, 4) is 5.75 Å². The Kier molecular flexibility index (Phi) is 12.8. The van der Waals surface area contributed by atoms with Gasteiger partial charge in [-0.05, 0) is 5.69 Å². The van der Waals surface area contributed by atoms with Crippen molar-refractivity contribution in [2.75, 3.05) is 12.8 Å². The first-order valence-corrected chi connectivity index (χ1v) is 2.74. The van der Waals surface area contributed by atoms with Crippen LogP contribution in [0.15, 0.2) is 4.42 Å². The molecule has 14 heavy (non-hydrogen) atoms. The molecule has 0 saturated carbocycles. The van der Waals surface area contributed by atoms with Crippen molar-refractivity contribution >= 4 is 11.7 Å². The van der Waals surface area contributed by atoms with Crippen LogP contribution >= 0.6 is 0 Å². The van der Waals surface area contributed by atoms with E-state index in [-0.39, 0.29) is 81.3 Å². The maximum Gasteiger partial charge on any atom is 0.307 e. The number of rotatable bonds is 1. The first kappa shape index (κ1) is 20.1. The standard InChI is InChI=1S/C6H6NO4.2V.Y/c1-10-6(9)5-4(8)3(7)2-11-5;;;/h8H,7H2,1H3;;;/q-1;;;. The predicted octanol–water partition coefficient (Wildman–Crippen LogP) is 0.147. The predicted molar refractivity (Wildman–Crippen MR) is 35.0 cm³/mol.